The molecule has 33 heavy (non-hydrogen) atoms. The van der Waals surface area contributed by atoms with Crippen LogP contribution in [0, 0.1) is 0 Å². The maximum Gasteiger partial charge on any atom is 0.320 e. The van der Waals surface area contributed by atoms with Gasteiger partial charge in [0.2, 0.25) is 0 Å². The van der Waals surface area contributed by atoms with Crippen LogP contribution in [0.3, 0.4) is 0 Å². The van der Waals surface area contributed by atoms with E-state index in [9.17, 15) is 15.0 Å². The normalized spacial score (nSPS) is 24.6. The van der Waals surface area contributed by atoms with Gasteiger partial charge in [-0.05, 0) is 19.3 Å². The van der Waals surface area contributed by atoms with Crippen molar-refractivity contribution in [3.63, 3.8) is 0 Å². The Morgan fingerprint density at radius 2 is 2.00 bits per heavy atom. The minimum atomic E-state index is -1.26. The van der Waals surface area contributed by atoms with Crippen molar-refractivity contribution in [2.24, 2.45) is 22.2 Å². The molecule has 1 saturated heterocycles. The van der Waals surface area contributed by atoms with Crippen LogP contribution in [0.4, 0.5) is 5.82 Å². The van der Waals surface area contributed by atoms with E-state index < -0.39 is 36.6 Å². The quantitative estimate of drug-likeness (QED) is 0.0924. The molecule has 2 aromatic rings. The first-order valence-electron chi connectivity index (χ1n) is 10.4. The van der Waals surface area contributed by atoms with E-state index >= 15 is 0 Å². The number of carboxylic acid groups (broad SMARTS) is 1. The van der Waals surface area contributed by atoms with Crippen LogP contribution >= 0.6 is 0 Å². The van der Waals surface area contributed by atoms with Crippen molar-refractivity contribution in [3.8, 4) is 0 Å². The van der Waals surface area contributed by atoms with Crippen molar-refractivity contribution in [1.82, 2.24) is 24.8 Å². The van der Waals surface area contributed by atoms with E-state index in [2.05, 4.69) is 25.3 Å². The molecule has 0 aliphatic carbocycles. The first kappa shape index (κ1) is 24.5. The third-order valence-electron chi connectivity index (χ3n) is 5.50. The molecule has 15 nitrogen and oxygen atoms in total. The van der Waals surface area contributed by atoms with Gasteiger partial charge < -0.3 is 48.3 Å². The zero-order valence-electron chi connectivity index (χ0n) is 17.9. The topological polar surface area (TPSA) is 259 Å². The molecule has 0 aromatic carbocycles. The van der Waals surface area contributed by atoms with Crippen molar-refractivity contribution < 1.29 is 24.9 Å². The van der Waals surface area contributed by atoms with Crippen LogP contribution in [-0.2, 0) is 9.53 Å². The summed E-state index contributed by atoms with van der Waals surface area (Å²) in [6.45, 7) is 0.716. The summed E-state index contributed by atoms with van der Waals surface area (Å²) in [7, 11) is 0. The van der Waals surface area contributed by atoms with Crippen LogP contribution in [0.15, 0.2) is 17.6 Å². The second-order valence-electron chi connectivity index (χ2n) is 7.84. The highest BCUT2D eigenvalue weighted by molar-refractivity contribution is 5.81. The monoisotopic (exact) mass is 466 g/mol. The summed E-state index contributed by atoms with van der Waals surface area (Å²) in [5, 5.41) is 33.6. The second kappa shape index (κ2) is 10.7. The molecule has 1 aliphatic rings. The zero-order valence-corrected chi connectivity index (χ0v) is 17.9. The molecular formula is C18H30N10O5. The van der Waals surface area contributed by atoms with Crippen LogP contribution < -0.4 is 28.3 Å². The number of nitrogen functional groups attached to an aromatic ring is 1. The third kappa shape index (κ3) is 5.82. The summed E-state index contributed by atoms with van der Waals surface area (Å²) in [6, 6.07) is -1.31. The molecule has 0 bridgehead atoms. The Morgan fingerprint density at radius 1 is 1.24 bits per heavy atom. The van der Waals surface area contributed by atoms with Gasteiger partial charge in [0, 0.05) is 12.6 Å². The number of aromatic nitrogens is 4. The number of nitrogens with zero attached hydrogens (tertiary/aromatic N) is 5. The van der Waals surface area contributed by atoms with Crippen LogP contribution in [0.25, 0.3) is 11.2 Å². The van der Waals surface area contributed by atoms with Crippen molar-refractivity contribution in [1.29, 1.82) is 0 Å². The number of nitrogens with one attached hydrogen (secondary N) is 1. The minimum absolute atomic E-state index is 0.0428. The number of aliphatic imine (C=N–C) groups is 1. The Labute approximate surface area is 188 Å². The highest BCUT2D eigenvalue weighted by Gasteiger charge is 2.45. The lowest BCUT2D eigenvalue weighted by atomic mass is 9.98. The average Bonchev–Trinajstić information content (AvgIpc) is 3.31. The van der Waals surface area contributed by atoms with Crippen molar-refractivity contribution >= 4 is 28.9 Å². The molecule has 0 unspecified atom stereocenters. The molecule has 0 amide bonds. The summed E-state index contributed by atoms with van der Waals surface area (Å²) in [4.78, 5) is 27.2. The highest BCUT2D eigenvalue weighted by atomic mass is 16.6. The lowest BCUT2D eigenvalue weighted by Crippen LogP contribution is -2.40. The second-order valence-corrected chi connectivity index (χ2v) is 7.84. The number of guanidine groups is 1. The molecule has 0 saturated carbocycles. The van der Waals surface area contributed by atoms with Gasteiger partial charge in [-0.3, -0.25) is 14.4 Å². The summed E-state index contributed by atoms with van der Waals surface area (Å²) in [5.41, 5.74) is 22.8. The van der Waals surface area contributed by atoms with Gasteiger partial charge in [-0.15, -0.1) is 0 Å². The number of aliphatic hydroxyl groups excluding tert-OH is 2. The number of hydrogen-bond donors (Lipinski definition) is 8. The highest BCUT2D eigenvalue weighted by Crippen LogP contribution is 2.34. The predicted octanol–water partition coefficient (Wildman–Crippen LogP) is -3.16. The maximum atomic E-state index is 11.1. The molecule has 3 rings (SSSR count). The number of aliphatic carboxylic acids is 1. The summed E-state index contributed by atoms with van der Waals surface area (Å²) >= 11 is 0. The molecule has 12 N–H and O–H groups in total. The number of aliphatic hydroxyl groups is 2. The molecule has 3 heterocycles. The SMILES string of the molecule is NC(N)=NCCN[C@@H](CC[C@H](N)C(=O)O)C[C@H]1O[C@@H](n2cnc3c(N)ncnc32)[C@H](O)[C@@H]1O. The molecular weight excluding hydrogens is 436 g/mol. The van der Waals surface area contributed by atoms with Gasteiger partial charge in [0.25, 0.3) is 0 Å². The van der Waals surface area contributed by atoms with Crippen molar-refractivity contribution in [2.75, 3.05) is 18.8 Å². The number of nitrogens with two attached hydrogens (primary N) is 4. The van der Waals surface area contributed by atoms with Crippen LogP contribution in [0.2, 0.25) is 0 Å². The van der Waals surface area contributed by atoms with E-state index in [1.165, 1.54) is 17.2 Å². The fraction of sp³-hybridized carbons (Fsp3) is 0.611. The Hall–Kier alpha value is -3.11. The molecule has 182 valence electrons. The van der Waals surface area contributed by atoms with E-state index in [0.29, 0.717) is 30.7 Å². The fourth-order valence-electron chi connectivity index (χ4n) is 3.75. The number of carboxylic acids is 1. The van der Waals surface area contributed by atoms with Gasteiger partial charge in [0.15, 0.2) is 23.7 Å². The number of fused-ring (bicyclic) bond motifs is 1. The van der Waals surface area contributed by atoms with Crippen LogP contribution in [0.5, 0.6) is 0 Å². The number of hydrogen-bond acceptors (Lipinski definition) is 11. The number of carbonyl (C=O) groups is 1. The van der Waals surface area contributed by atoms with E-state index in [1.807, 2.05) is 0 Å². The molecule has 6 atom stereocenters. The van der Waals surface area contributed by atoms with Gasteiger partial charge in [0.1, 0.15) is 30.1 Å². The Bertz CT molecular complexity index is 981. The molecule has 2 aromatic heterocycles. The third-order valence-corrected chi connectivity index (χ3v) is 5.50. The first-order valence-corrected chi connectivity index (χ1v) is 10.4. The lowest BCUT2D eigenvalue weighted by Gasteiger charge is -2.24. The first-order chi connectivity index (χ1) is 15.7. The fourth-order valence-corrected chi connectivity index (χ4v) is 3.75. The Morgan fingerprint density at radius 3 is 2.70 bits per heavy atom. The van der Waals surface area contributed by atoms with Gasteiger partial charge in [0.05, 0.1) is 19.0 Å². The minimum Gasteiger partial charge on any atom is -0.480 e. The number of anilines is 1. The molecule has 15 heteroatoms. The predicted molar refractivity (Wildman–Crippen MR) is 118 cm³/mol. The Balaban J connectivity index is 1.70. The van der Waals surface area contributed by atoms with E-state index in [0.717, 1.165) is 0 Å². The summed E-state index contributed by atoms with van der Waals surface area (Å²) < 4.78 is 7.46. The Kier molecular flexibility index (Phi) is 7.93. The van der Waals surface area contributed by atoms with Gasteiger partial charge in [-0.25, -0.2) is 15.0 Å². The summed E-state index contributed by atoms with van der Waals surface area (Å²) in [6.07, 6.45) is -0.632. The van der Waals surface area contributed by atoms with Crippen molar-refractivity contribution in [2.45, 2.75) is 55.9 Å². The van der Waals surface area contributed by atoms with Crippen molar-refractivity contribution in [3.05, 3.63) is 12.7 Å². The lowest BCUT2D eigenvalue weighted by molar-refractivity contribution is -0.138. The van der Waals surface area contributed by atoms with Gasteiger partial charge in [-0.2, -0.15) is 0 Å². The number of imidazole rings is 1. The van der Waals surface area contributed by atoms with E-state index in [4.69, 9.17) is 32.8 Å². The van der Waals surface area contributed by atoms with Crippen LogP contribution in [-0.4, -0.2) is 90.3 Å². The average molecular weight is 467 g/mol. The molecule has 1 aliphatic heterocycles. The summed E-state index contributed by atoms with van der Waals surface area (Å²) in [5.74, 6) is -0.961. The number of rotatable bonds is 11. The van der Waals surface area contributed by atoms with Gasteiger partial charge in [-0.1, -0.05) is 0 Å². The number of ether oxygens (including phenoxy) is 1. The molecule has 0 spiro atoms. The molecule has 1 fully saturated rings. The van der Waals surface area contributed by atoms with E-state index in [1.54, 1.807) is 0 Å². The van der Waals surface area contributed by atoms with E-state index in [-0.39, 0.29) is 30.7 Å². The van der Waals surface area contributed by atoms with Gasteiger partial charge >= 0.3 is 5.97 Å². The molecule has 0 radical (unpaired) electrons. The smallest absolute Gasteiger partial charge is 0.320 e. The standard InChI is InChI=1S/C18H30N10O5/c19-9(17(31)32)2-1-8(23-3-4-24-18(21)22)5-10-12(29)13(30)16(33-10)28-7-27-11-14(20)25-6-26-15(11)28/h6-10,12-13,16,23,29-30H,1-5,19H2,(H,31,32)(H2,20,25,26)(H4,21,22,24)/t8-,9-,10+,12+,13+,16+/m0/s1. The van der Waals surface area contributed by atoms with Crippen LogP contribution in [0.1, 0.15) is 25.5 Å². The largest absolute Gasteiger partial charge is 0.480 e. The zero-order chi connectivity index (χ0) is 24.1. The maximum absolute atomic E-state index is 11.1.